The van der Waals surface area contributed by atoms with E-state index in [0.717, 1.165) is 41.3 Å². The van der Waals surface area contributed by atoms with Crippen molar-refractivity contribution in [1.82, 2.24) is 9.55 Å². The molecule has 0 fully saturated rings. The molecule has 1 atom stereocenters. The van der Waals surface area contributed by atoms with Gasteiger partial charge in [0, 0.05) is 6.54 Å². The van der Waals surface area contributed by atoms with Crippen molar-refractivity contribution in [3.05, 3.63) is 40.3 Å². The number of aromatic nitrogens is 2. The topological polar surface area (TPSA) is 51.2 Å². The highest BCUT2D eigenvalue weighted by Crippen LogP contribution is 2.32. The monoisotopic (exact) mass is 296 g/mol. The second-order valence-corrected chi connectivity index (χ2v) is 5.02. The zero-order chi connectivity index (χ0) is 11.8. The van der Waals surface area contributed by atoms with Crippen molar-refractivity contribution in [1.29, 1.82) is 0 Å². The van der Waals surface area contributed by atoms with Crippen LogP contribution in [0, 0.1) is 0 Å². The van der Waals surface area contributed by atoms with Crippen LogP contribution in [0.15, 0.2) is 27.4 Å². The third kappa shape index (κ3) is 1.93. The summed E-state index contributed by atoms with van der Waals surface area (Å²) < 4.78 is 8.19. The molecule has 17 heavy (non-hydrogen) atoms. The molecule has 1 unspecified atom stereocenters. The number of halogens is 1. The van der Waals surface area contributed by atoms with Gasteiger partial charge in [-0.1, -0.05) is 0 Å². The van der Waals surface area contributed by atoms with Gasteiger partial charge in [-0.15, -0.1) is 0 Å². The van der Waals surface area contributed by atoms with Crippen LogP contribution in [0.2, 0.25) is 0 Å². The largest absolute Gasteiger partial charge is 0.469 e. The molecule has 1 aliphatic rings. The van der Waals surface area contributed by atoms with E-state index in [2.05, 4.69) is 25.5 Å². The standard InChI is InChI=1S/C12H13BrN2O2/c13-12-11-9(16)4-1-5-15(11)10(14-12)7-8-3-2-6-17-8/h2-3,6,9,16H,1,4-5,7H2. The molecular formula is C12H13BrN2O2. The van der Waals surface area contributed by atoms with Crippen molar-refractivity contribution in [3.63, 3.8) is 0 Å². The van der Waals surface area contributed by atoms with E-state index in [1.165, 1.54) is 0 Å². The first-order valence-corrected chi connectivity index (χ1v) is 6.50. The Morgan fingerprint density at radius 3 is 3.24 bits per heavy atom. The van der Waals surface area contributed by atoms with E-state index in [4.69, 9.17) is 4.42 Å². The summed E-state index contributed by atoms with van der Waals surface area (Å²) in [7, 11) is 0. The Morgan fingerprint density at radius 2 is 2.47 bits per heavy atom. The van der Waals surface area contributed by atoms with Crippen LogP contribution in [0.3, 0.4) is 0 Å². The molecule has 2 aromatic rings. The first-order chi connectivity index (χ1) is 8.25. The van der Waals surface area contributed by atoms with Crippen LogP contribution in [-0.2, 0) is 13.0 Å². The molecule has 0 saturated carbocycles. The molecule has 0 amide bonds. The van der Waals surface area contributed by atoms with E-state index < -0.39 is 6.10 Å². The summed E-state index contributed by atoms with van der Waals surface area (Å²) in [5.41, 5.74) is 0.901. The van der Waals surface area contributed by atoms with Gasteiger partial charge < -0.3 is 14.1 Å². The van der Waals surface area contributed by atoms with Crippen LogP contribution in [0.5, 0.6) is 0 Å². The van der Waals surface area contributed by atoms with Gasteiger partial charge in [0.1, 0.15) is 16.2 Å². The third-order valence-electron chi connectivity index (χ3n) is 3.13. The number of furan rings is 1. The molecule has 4 nitrogen and oxygen atoms in total. The Labute approximate surface area is 107 Å². The van der Waals surface area contributed by atoms with Crippen molar-refractivity contribution < 1.29 is 9.52 Å². The fraction of sp³-hybridized carbons (Fsp3) is 0.417. The van der Waals surface area contributed by atoms with Gasteiger partial charge in [-0.3, -0.25) is 0 Å². The van der Waals surface area contributed by atoms with Gasteiger partial charge in [0.25, 0.3) is 0 Å². The van der Waals surface area contributed by atoms with Gasteiger partial charge in [-0.2, -0.15) is 0 Å². The lowest BCUT2D eigenvalue weighted by Gasteiger charge is -2.21. The lowest BCUT2D eigenvalue weighted by atomic mass is 10.1. The number of hydrogen-bond acceptors (Lipinski definition) is 3. The Kier molecular flexibility index (Phi) is 2.80. The zero-order valence-electron chi connectivity index (χ0n) is 9.27. The van der Waals surface area contributed by atoms with E-state index in [-0.39, 0.29) is 0 Å². The van der Waals surface area contributed by atoms with Gasteiger partial charge in [0.15, 0.2) is 0 Å². The Balaban J connectivity index is 1.98. The second-order valence-electron chi connectivity index (χ2n) is 4.27. The van der Waals surface area contributed by atoms with E-state index in [9.17, 15) is 5.11 Å². The number of fused-ring (bicyclic) bond motifs is 1. The molecule has 0 bridgehead atoms. The molecule has 3 heterocycles. The second kappa shape index (κ2) is 4.31. The lowest BCUT2D eigenvalue weighted by molar-refractivity contribution is 0.137. The quantitative estimate of drug-likeness (QED) is 0.927. The van der Waals surface area contributed by atoms with Gasteiger partial charge >= 0.3 is 0 Å². The molecule has 90 valence electrons. The highest BCUT2D eigenvalue weighted by molar-refractivity contribution is 9.10. The molecule has 3 rings (SSSR count). The highest BCUT2D eigenvalue weighted by atomic mass is 79.9. The van der Waals surface area contributed by atoms with Gasteiger partial charge in [-0.05, 0) is 40.9 Å². The summed E-state index contributed by atoms with van der Waals surface area (Å²) >= 11 is 3.42. The smallest absolute Gasteiger partial charge is 0.130 e. The van der Waals surface area contributed by atoms with Crippen LogP contribution in [-0.4, -0.2) is 14.7 Å². The maximum atomic E-state index is 9.97. The normalized spacial score (nSPS) is 19.3. The SMILES string of the molecule is OC1CCCn2c(Cc3ccco3)nc(Br)c21. The van der Waals surface area contributed by atoms with Crippen molar-refractivity contribution in [2.24, 2.45) is 0 Å². The number of aliphatic hydroxyl groups excluding tert-OH is 1. The predicted octanol–water partition coefficient (Wildman–Crippen LogP) is 2.66. The van der Waals surface area contributed by atoms with E-state index in [0.29, 0.717) is 6.42 Å². The molecular weight excluding hydrogens is 284 g/mol. The summed E-state index contributed by atoms with van der Waals surface area (Å²) in [6, 6.07) is 3.81. The van der Waals surface area contributed by atoms with Crippen molar-refractivity contribution in [2.45, 2.75) is 31.9 Å². The highest BCUT2D eigenvalue weighted by Gasteiger charge is 2.25. The summed E-state index contributed by atoms with van der Waals surface area (Å²) in [5, 5.41) is 9.97. The van der Waals surface area contributed by atoms with Crippen molar-refractivity contribution in [2.75, 3.05) is 0 Å². The van der Waals surface area contributed by atoms with Crippen LogP contribution >= 0.6 is 15.9 Å². The Hall–Kier alpha value is -1.07. The van der Waals surface area contributed by atoms with Gasteiger partial charge in [0.05, 0.1) is 24.5 Å². The fourth-order valence-electron chi connectivity index (χ4n) is 2.33. The van der Waals surface area contributed by atoms with Crippen LogP contribution in [0.4, 0.5) is 0 Å². The maximum absolute atomic E-state index is 9.97. The van der Waals surface area contributed by atoms with Gasteiger partial charge in [-0.25, -0.2) is 4.98 Å². The molecule has 0 aliphatic carbocycles. The summed E-state index contributed by atoms with van der Waals surface area (Å²) in [5.74, 6) is 1.84. The third-order valence-corrected chi connectivity index (χ3v) is 3.71. The van der Waals surface area contributed by atoms with E-state index in [1.807, 2.05) is 12.1 Å². The molecule has 0 spiro atoms. The molecule has 2 aromatic heterocycles. The average molecular weight is 297 g/mol. The number of nitrogens with zero attached hydrogens (tertiary/aromatic N) is 2. The summed E-state index contributed by atoms with van der Waals surface area (Å²) in [6.07, 6.45) is 3.72. The zero-order valence-corrected chi connectivity index (χ0v) is 10.9. The molecule has 5 heteroatoms. The van der Waals surface area contributed by atoms with Crippen LogP contribution < -0.4 is 0 Å². The fourth-order valence-corrected chi connectivity index (χ4v) is 3.01. The van der Waals surface area contributed by atoms with Crippen molar-refractivity contribution >= 4 is 15.9 Å². The first kappa shape index (κ1) is 11.0. The average Bonchev–Trinajstić information content (AvgIpc) is 2.90. The first-order valence-electron chi connectivity index (χ1n) is 5.71. The lowest BCUT2D eigenvalue weighted by Crippen LogP contribution is -2.17. The molecule has 1 N–H and O–H groups in total. The van der Waals surface area contributed by atoms with Crippen LogP contribution in [0.1, 0.15) is 36.2 Å². The number of imidazole rings is 1. The predicted molar refractivity (Wildman–Crippen MR) is 65.6 cm³/mol. The van der Waals surface area contributed by atoms with E-state index in [1.54, 1.807) is 6.26 Å². The van der Waals surface area contributed by atoms with E-state index >= 15 is 0 Å². The minimum absolute atomic E-state index is 0.407. The van der Waals surface area contributed by atoms with Crippen molar-refractivity contribution in [3.8, 4) is 0 Å². The minimum atomic E-state index is -0.407. The molecule has 0 radical (unpaired) electrons. The maximum Gasteiger partial charge on any atom is 0.130 e. The molecule has 0 aromatic carbocycles. The Morgan fingerprint density at radius 1 is 1.59 bits per heavy atom. The number of hydrogen-bond donors (Lipinski definition) is 1. The number of aliphatic hydroxyl groups is 1. The minimum Gasteiger partial charge on any atom is -0.469 e. The van der Waals surface area contributed by atoms with Gasteiger partial charge in [0.2, 0.25) is 0 Å². The Bertz CT molecular complexity index is 519. The molecule has 1 aliphatic heterocycles. The summed E-state index contributed by atoms with van der Waals surface area (Å²) in [4.78, 5) is 4.48. The summed E-state index contributed by atoms with van der Waals surface area (Å²) in [6.45, 7) is 0.918. The number of rotatable bonds is 2. The van der Waals surface area contributed by atoms with Crippen LogP contribution in [0.25, 0.3) is 0 Å². The molecule has 0 saturated heterocycles.